The molecule has 1 N–H and O–H groups in total. The van der Waals surface area contributed by atoms with Gasteiger partial charge in [0, 0.05) is 0 Å². The van der Waals surface area contributed by atoms with Crippen molar-refractivity contribution in [3.05, 3.63) is 23.8 Å². The normalized spacial score (nSPS) is 11.7. The molecule has 12 heavy (non-hydrogen) atoms. The minimum Gasteiger partial charge on any atom is -0.508 e. The minimum atomic E-state index is -1.20. The number of rotatable bonds is 1. The van der Waals surface area contributed by atoms with Gasteiger partial charge in [-0.05, 0) is 18.6 Å². The van der Waals surface area contributed by atoms with Gasteiger partial charge in [-0.25, -0.2) is 0 Å². The van der Waals surface area contributed by atoms with Crippen LogP contribution in [0.15, 0.2) is 18.2 Å². The van der Waals surface area contributed by atoms with Crippen LogP contribution >= 0.6 is 0 Å². The van der Waals surface area contributed by atoms with Gasteiger partial charge < -0.3 is 5.11 Å². The van der Waals surface area contributed by atoms with Crippen LogP contribution in [0.5, 0.6) is 5.75 Å². The second-order valence-electron chi connectivity index (χ2n) is 4.25. The molecule has 0 bridgehead atoms. The molecule has 0 amide bonds. The van der Waals surface area contributed by atoms with Crippen LogP contribution in [0, 0.1) is 6.92 Å². The van der Waals surface area contributed by atoms with Crippen molar-refractivity contribution in [1.29, 1.82) is 0 Å². The maximum atomic E-state index is 9.32. The molecule has 0 radical (unpaired) electrons. The molecule has 0 unspecified atom stereocenters. The van der Waals surface area contributed by atoms with Gasteiger partial charge in [-0.15, -0.1) is 0 Å². The van der Waals surface area contributed by atoms with Crippen molar-refractivity contribution in [2.45, 2.75) is 26.6 Å². The topological polar surface area (TPSA) is 20.2 Å². The van der Waals surface area contributed by atoms with Gasteiger partial charge in [-0.2, -0.15) is 0 Å². The fraction of sp³-hybridized carbons (Fsp3) is 0.400. The Hall–Kier alpha value is -0.763. The first kappa shape index (κ1) is 9.33. The monoisotopic (exact) mass is 180 g/mol. The molecule has 0 aliphatic heterocycles. The van der Waals surface area contributed by atoms with E-state index in [4.69, 9.17) is 0 Å². The first-order chi connectivity index (χ1) is 5.41. The molecule has 0 saturated heterocycles. The minimum absolute atomic E-state index is 0.400. The summed E-state index contributed by atoms with van der Waals surface area (Å²) in [7, 11) is -1.20. The zero-order valence-electron chi connectivity index (χ0n) is 8.18. The van der Waals surface area contributed by atoms with Gasteiger partial charge in [0.05, 0.1) is 8.07 Å². The zero-order valence-corrected chi connectivity index (χ0v) is 9.18. The Morgan fingerprint density at radius 1 is 1.17 bits per heavy atom. The largest absolute Gasteiger partial charge is 0.508 e. The SMILES string of the molecule is Cc1cc([Si](C)(C)C)ccc1O. The number of hydrogen-bond donors (Lipinski definition) is 1. The average Bonchev–Trinajstić information content (AvgIpc) is 1.92. The van der Waals surface area contributed by atoms with Crippen molar-refractivity contribution in [2.24, 2.45) is 0 Å². The Morgan fingerprint density at radius 2 is 1.75 bits per heavy atom. The number of phenolic OH excluding ortho intramolecular Hbond substituents is 1. The number of phenols is 1. The quantitative estimate of drug-likeness (QED) is 0.657. The van der Waals surface area contributed by atoms with Crippen LogP contribution in [0.4, 0.5) is 0 Å². The molecule has 0 aliphatic carbocycles. The van der Waals surface area contributed by atoms with E-state index in [2.05, 4.69) is 25.7 Å². The van der Waals surface area contributed by atoms with Gasteiger partial charge in [0.2, 0.25) is 0 Å². The Morgan fingerprint density at radius 3 is 2.17 bits per heavy atom. The summed E-state index contributed by atoms with van der Waals surface area (Å²) in [6, 6.07) is 5.93. The number of aromatic hydroxyl groups is 1. The predicted octanol–water partition coefficient (Wildman–Crippen LogP) is 2.25. The fourth-order valence-corrected chi connectivity index (χ4v) is 2.35. The van der Waals surface area contributed by atoms with Gasteiger partial charge >= 0.3 is 0 Å². The summed E-state index contributed by atoms with van der Waals surface area (Å²) in [5.74, 6) is 0.400. The van der Waals surface area contributed by atoms with Gasteiger partial charge in [0.1, 0.15) is 5.75 Å². The number of benzene rings is 1. The lowest BCUT2D eigenvalue weighted by molar-refractivity contribution is 0.471. The molecule has 0 spiro atoms. The lowest BCUT2D eigenvalue weighted by atomic mass is 10.2. The summed E-state index contributed by atoms with van der Waals surface area (Å²) in [6.45, 7) is 8.86. The Kier molecular flexibility index (Phi) is 2.28. The molecule has 1 rings (SSSR count). The van der Waals surface area contributed by atoms with E-state index < -0.39 is 8.07 Å². The van der Waals surface area contributed by atoms with E-state index in [0.29, 0.717) is 5.75 Å². The maximum Gasteiger partial charge on any atom is 0.118 e. The maximum absolute atomic E-state index is 9.32. The van der Waals surface area contributed by atoms with Gasteiger partial charge in [-0.3, -0.25) is 0 Å². The van der Waals surface area contributed by atoms with Gasteiger partial charge in [0.25, 0.3) is 0 Å². The summed E-state index contributed by atoms with van der Waals surface area (Å²) in [4.78, 5) is 0. The third-order valence-corrected chi connectivity index (χ3v) is 4.11. The van der Waals surface area contributed by atoms with Crippen LogP contribution in [-0.2, 0) is 0 Å². The van der Waals surface area contributed by atoms with Crippen LogP contribution in [0.1, 0.15) is 5.56 Å². The van der Waals surface area contributed by atoms with Crippen molar-refractivity contribution in [2.75, 3.05) is 0 Å². The summed E-state index contributed by atoms with van der Waals surface area (Å²) in [6.07, 6.45) is 0. The molecule has 0 heterocycles. The van der Waals surface area contributed by atoms with Gasteiger partial charge in [-0.1, -0.05) is 37.0 Å². The third-order valence-electron chi connectivity index (χ3n) is 2.06. The fourth-order valence-electron chi connectivity index (χ4n) is 1.12. The molecule has 0 aromatic heterocycles. The van der Waals surface area contributed by atoms with Crippen molar-refractivity contribution in [1.82, 2.24) is 0 Å². The van der Waals surface area contributed by atoms with E-state index in [-0.39, 0.29) is 0 Å². The Bertz CT molecular complexity index is 286. The van der Waals surface area contributed by atoms with Crippen molar-refractivity contribution >= 4 is 13.3 Å². The average molecular weight is 180 g/mol. The van der Waals surface area contributed by atoms with E-state index in [0.717, 1.165) is 5.56 Å². The molecule has 0 saturated carbocycles. The van der Waals surface area contributed by atoms with Crippen LogP contribution in [0.2, 0.25) is 19.6 Å². The van der Waals surface area contributed by atoms with Crippen LogP contribution in [0.3, 0.4) is 0 Å². The second-order valence-corrected chi connectivity index (χ2v) is 9.33. The number of hydrogen-bond acceptors (Lipinski definition) is 1. The van der Waals surface area contributed by atoms with Crippen LogP contribution < -0.4 is 5.19 Å². The molecule has 0 atom stereocenters. The van der Waals surface area contributed by atoms with Crippen molar-refractivity contribution in [3.8, 4) is 5.75 Å². The standard InChI is InChI=1S/C10H16OSi/c1-8-7-9(12(2,3)4)5-6-10(8)11/h5-7,11H,1-4H3. The molecule has 2 heteroatoms. The lowest BCUT2D eigenvalue weighted by Gasteiger charge is -2.17. The smallest absolute Gasteiger partial charge is 0.118 e. The molecular formula is C10H16OSi. The summed E-state index contributed by atoms with van der Waals surface area (Å²) >= 11 is 0. The van der Waals surface area contributed by atoms with E-state index in [9.17, 15) is 5.11 Å². The highest BCUT2D eigenvalue weighted by Crippen LogP contribution is 2.14. The lowest BCUT2D eigenvalue weighted by Crippen LogP contribution is -2.37. The molecule has 1 nitrogen and oxygen atoms in total. The predicted molar refractivity (Wildman–Crippen MR) is 55.8 cm³/mol. The highest BCUT2D eigenvalue weighted by atomic mass is 28.3. The highest BCUT2D eigenvalue weighted by Gasteiger charge is 2.16. The third kappa shape index (κ3) is 1.88. The summed E-state index contributed by atoms with van der Waals surface area (Å²) in [5.41, 5.74) is 0.981. The number of aryl methyl sites for hydroxylation is 1. The molecule has 0 fully saturated rings. The zero-order chi connectivity index (χ0) is 9.35. The van der Waals surface area contributed by atoms with Crippen molar-refractivity contribution < 1.29 is 5.11 Å². The molecule has 66 valence electrons. The Labute approximate surface area is 75.1 Å². The van der Waals surface area contributed by atoms with E-state index in [1.54, 1.807) is 6.07 Å². The molecular weight excluding hydrogens is 164 g/mol. The first-order valence-corrected chi connectivity index (χ1v) is 7.71. The van der Waals surface area contributed by atoms with E-state index in [1.165, 1.54) is 5.19 Å². The van der Waals surface area contributed by atoms with Crippen molar-refractivity contribution in [3.63, 3.8) is 0 Å². The van der Waals surface area contributed by atoms with E-state index >= 15 is 0 Å². The molecule has 1 aromatic rings. The van der Waals surface area contributed by atoms with Gasteiger partial charge in [0.15, 0.2) is 0 Å². The van der Waals surface area contributed by atoms with E-state index in [1.807, 2.05) is 13.0 Å². The van der Waals surface area contributed by atoms with Crippen LogP contribution in [0.25, 0.3) is 0 Å². The second kappa shape index (κ2) is 2.94. The Balaban J connectivity index is 3.14. The summed E-state index contributed by atoms with van der Waals surface area (Å²) < 4.78 is 0. The molecule has 0 aliphatic rings. The first-order valence-electron chi connectivity index (χ1n) is 4.21. The highest BCUT2D eigenvalue weighted by molar-refractivity contribution is 6.88. The van der Waals surface area contributed by atoms with Crippen LogP contribution in [-0.4, -0.2) is 13.2 Å². The summed E-state index contributed by atoms with van der Waals surface area (Å²) in [5, 5.41) is 10.7. The molecule has 1 aromatic carbocycles.